The highest BCUT2D eigenvalue weighted by atomic mass is 79.9. The number of benzene rings is 3. The van der Waals surface area contributed by atoms with E-state index in [1.807, 2.05) is 79.1 Å². The van der Waals surface area contributed by atoms with Crippen molar-refractivity contribution < 1.29 is 14.3 Å². The Hall–Kier alpha value is -2.92. The Morgan fingerprint density at radius 3 is 2.54 bits per heavy atom. The van der Waals surface area contributed by atoms with E-state index in [4.69, 9.17) is 9.47 Å². The van der Waals surface area contributed by atoms with Gasteiger partial charge >= 0.3 is 5.97 Å². The molecule has 0 bridgehead atoms. The molecule has 0 unspecified atom stereocenters. The molecule has 1 aliphatic rings. The highest BCUT2D eigenvalue weighted by Crippen LogP contribution is 2.35. The number of carbonyl (C=O) groups is 1. The second-order valence-corrected chi connectivity index (χ2v) is 12.8. The van der Waals surface area contributed by atoms with Crippen molar-refractivity contribution in [3.63, 3.8) is 0 Å². The molecule has 0 spiro atoms. The van der Waals surface area contributed by atoms with Gasteiger partial charge in [0.15, 0.2) is 4.80 Å². The van der Waals surface area contributed by atoms with Gasteiger partial charge in [0, 0.05) is 14.9 Å². The Kier molecular flexibility index (Phi) is 9.33. The van der Waals surface area contributed by atoms with Crippen LogP contribution in [0, 0.1) is 0 Å². The van der Waals surface area contributed by atoms with Crippen LogP contribution in [0.4, 0.5) is 0 Å². The van der Waals surface area contributed by atoms with Crippen LogP contribution in [0.1, 0.15) is 36.6 Å². The second kappa shape index (κ2) is 12.9. The first-order valence-corrected chi connectivity index (χ1v) is 16.4. The lowest BCUT2D eigenvalue weighted by atomic mass is 9.96. The number of rotatable bonds is 8. The fourth-order valence-corrected chi connectivity index (χ4v) is 7.42. The first-order valence-electron chi connectivity index (χ1n) is 12.8. The molecule has 10 heteroatoms. The standard InChI is InChI=1S/C31H26Br2N2O4S2/c1-4-38-30(37)26-18(2)34-31-35(27(26)20-10-12-23(40-3)13-11-20)29(36)25(41-31)15-21-14-22(32)16-24(33)28(21)39-17-19-8-6-5-7-9-19/h5-16,27H,4,17H2,1-3H3/b25-15-/t27-/m0/s1. The smallest absolute Gasteiger partial charge is 0.338 e. The van der Waals surface area contributed by atoms with Crippen LogP contribution in [0.5, 0.6) is 5.75 Å². The van der Waals surface area contributed by atoms with Gasteiger partial charge in [-0.15, -0.1) is 11.8 Å². The molecule has 1 aromatic heterocycles. The zero-order valence-electron chi connectivity index (χ0n) is 22.5. The lowest BCUT2D eigenvalue weighted by Crippen LogP contribution is -2.39. The van der Waals surface area contributed by atoms with E-state index in [9.17, 15) is 9.59 Å². The Bertz CT molecular complexity index is 1810. The monoisotopic (exact) mass is 712 g/mol. The van der Waals surface area contributed by atoms with Gasteiger partial charge in [0.05, 0.1) is 32.9 Å². The minimum Gasteiger partial charge on any atom is -0.487 e. The number of esters is 1. The molecule has 6 nitrogen and oxygen atoms in total. The SMILES string of the molecule is CCOC(=O)C1=C(C)N=c2s/c(=C\c3cc(Br)cc(Br)c3OCc3ccccc3)c(=O)n2[C@H]1c1ccc(SC)cc1. The van der Waals surface area contributed by atoms with E-state index in [1.54, 1.807) is 30.2 Å². The van der Waals surface area contributed by atoms with Gasteiger partial charge in [-0.2, -0.15) is 0 Å². The summed E-state index contributed by atoms with van der Waals surface area (Å²) in [6.45, 7) is 4.14. The van der Waals surface area contributed by atoms with Crippen molar-refractivity contribution in [1.82, 2.24) is 4.57 Å². The van der Waals surface area contributed by atoms with Gasteiger partial charge in [-0.3, -0.25) is 9.36 Å². The van der Waals surface area contributed by atoms with Gasteiger partial charge in [-0.05, 0) is 77.5 Å². The third-order valence-electron chi connectivity index (χ3n) is 6.50. The predicted molar refractivity (Wildman–Crippen MR) is 171 cm³/mol. The summed E-state index contributed by atoms with van der Waals surface area (Å²) >= 11 is 10.1. The topological polar surface area (TPSA) is 69.9 Å². The van der Waals surface area contributed by atoms with Crippen molar-refractivity contribution in [1.29, 1.82) is 0 Å². The summed E-state index contributed by atoms with van der Waals surface area (Å²) in [4.78, 5) is 33.5. The first-order chi connectivity index (χ1) is 19.8. The highest BCUT2D eigenvalue weighted by Gasteiger charge is 2.33. The minimum atomic E-state index is -0.661. The zero-order valence-corrected chi connectivity index (χ0v) is 27.3. The number of aromatic nitrogens is 1. The Labute approximate surface area is 262 Å². The van der Waals surface area contributed by atoms with Crippen LogP contribution < -0.4 is 19.6 Å². The maximum absolute atomic E-state index is 14.1. The number of hydrogen-bond acceptors (Lipinski definition) is 7. The Balaban J connectivity index is 1.65. The van der Waals surface area contributed by atoms with Crippen LogP contribution in [0.15, 0.2) is 102 Å². The van der Waals surface area contributed by atoms with Crippen molar-refractivity contribution in [2.45, 2.75) is 31.4 Å². The van der Waals surface area contributed by atoms with Crippen LogP contribution in [0.2, 0.25) is 0 Å². The number of thiazole rings is 1. The van der Waals surface area contributed by atoms with Gasteiger partial charge in [-0.1, -0.05) is 69.7 Å². The number of allylic oxidation sites excluding steroid dienone is 1. The molecule has 0 saturated carbocycles. The molecule has 0 amide bonds. The molecule has 0 radical (unpaired) electrons. The van der Waals surface area contributed by atoms with E-state index >= 15 is 0 Å². The van der Waals surface area contributed by atoms with Gasteiger partial charge in [-0.25, -0.2) is 9.79 Å². The van der Waals surface area contributed by atoms with Gasteiger partial charge < -0.3 is 9.47 Å². The first kappa shape index (κ1) is 29.6. The maximum atomic E-state index is 14.1. The number of fused-ring (bicyclic) bond motifs is 1. The number of ether oxygens (including phenoxy) is 2. The molecule has 3 aromatic carbocycles. The number of thioether (sulfide) groups is 1. The van der Waals surface area contributed by atoms with E-state index < -0.39 is 12.0 Å². The van der Waals surface area contributed by atoms with E-state index in [2.05, 4.69) is 36.9 Å². The van der Waals surface area contributed by atoms with Crippen LogP contribution in [-0.2, 0) is 16.1 Å². The summed E-state index contributed by atoms with van der Waals surface area (Å²) < 4.78 is 15.3. The third-order valence-corrected chi connectivity index (χ3v) is 9.27. The molecule has 0 fully saturated rings. The van der Waals surface area contributed by atoms with E-state index in [0.29, 0.717) is 33.0 Å². The Morgan fingerprint density at radius 2 is 1.85 bits per heavy atom. The van der Waals surface area contributed by atoms with E-state index in [0.717, 1.165) is 30.5 Å². The predicted octanol–water partition coefficient (Wildman–Crippen LogP) is 6.62. The molecular weight excluding hydrogens is 688 g/mol. The summed E-state index contributed by atoms with van der Waals surface area (Å²) in [5.41, 5.74) is 3.22. The quantitative estimate of drug-likeness (QED) is 0.152. The maximum Gasteiger partial charge on any atom is 0.338 e. The molecule has 0 aliphatic carbocycles. The van der Waals surface area contributed by atoms with Crippen molar-refractivity contribution in [3.8, 4) is 5.75 Å². The van der Waals surface area contributed by atoms with Gasteiger partial charge in [0.2, 0.25) is 0 Å². The third kappa shape index (κ3) is 6.30. The van der Waals surface area contributed by atoms with Crippen molar-refractivity contribution in [3.05, 3.63) is 123 Å². The fraction of sp³-hybridized carbons (Fsp3) is 0.194. The molecular formula is C31H26Br2N2O4S2. The molecule has 0 saturated heterocycles. The molecule has 41 heavy (non-hydrogen) atoms. The average Bonchev–Trinajstić information content (AvgIpc) is 3.26. The van der Waals surface area contributed by atoms with Crippen molar-refractivity contribution in [2.75, 3.05) is 12.9 Å². The number of hydrogen-bond donors (Lipinski definition) is 0. The van der Waals surface area contributed by atoms with Gasteiger partial charge in [0.1, 0.15) is 12.4 Å². The second-order valence-electron chi connectivity index (χ2n) is 9.16. The highest BCUT2D eigenvalue weighted by molar-refractivity contribution is 9.11. The Morgan fingerprint density at radius 1 is 1.12 bits per heavy atom. The van der Waals surface area contributed by atoms with Crippen LogP contribution >= 0.6 is 55.0 Å². The van der Waals surface area contributed by atoms with Crippen LogP contribution in [0.3, 0.4) is 0 Å². The summed E-state index contributed by atoms with van der Waals surface area (Å²) in [6, 6.07) is 20.9. The largest absolute Gasteiger partial charge is 0.487 e. The minimum absolute atomic E-state index is 0.224. The molecule has 210 valence electrons. The molecule has 1 aliphatic heterocycles. The molecule has 1 atom stereocenters. The van der Waals surface area contributed by atoms with Crippen LogP contribution in [0.25, 0.3) is 6.08 Å². The molecule has 0 N–H and O–H groups in total. The normalized spacial score (nSPS) is 15.0. The number of halogens is 2. The molecule has 5 rings (SSSR count). The number of nitrogens with zero attached hydrogens (tertiary/aromatic N) is 2. The average molecular weight is 715 g/mol. The number of carbonyl (C=O) groups excluding carboxylic acids is 1. The summed E-state index contributed by atoms with van der Waals surface area (Å²) in [7, 11) is 0. The summed E-state index contributed by atoms with van der Waals surface area (Å²) in [5, 5.41) is 0. The van der Waals surface area contributed by atoms with Gasteiger partial charge in [0.25, 0.3) is 5.56 Å². The lowest BCUT2D eigenvalue weighted by molar-refractivity contribution is -0.139. The summed E-state index contributed by atoms with van der Waals surface area (Å²) in [6.07, 6.45) is 3.82. The van der Waals surface area contributed by atoms with E-state index in [-0.39, 0.29) is 12.2 Å². The van der Waals surface area contributed by atoms with Crippen molar-refractivity contribution >= 4 is 67.0 Å². The zero-order chi connectivity index (χ0) is 29.1. The lowest BCUT2D eigenvalue weighted by Gasteiger charge is -2.24. The molecule has 4 aromatic rings. The van der Waals surface area contributed by atoms with Crippen molar-refractivity contribution in [2.24, 2.45) is 4.99 Å². The molecule has 2 heterocycles. The van der Waals surface area contributed by atoms with E-state index in [1.165, 1.54) is 11.3 Å². The fourth-order valence-electron chi connectivity index (χ4n) is 4.60. The summed E-state index contributed by atoms with van der Waals surface area (Å²) in [5.74, 6) is 0.143. The van der Waals surface area contributed by atoms with Crippen LogP contribution in [-0.4, -0.2) is 23.4 Å².